The predicted molar refractivity (Wildman–Crippen MR) is 133 cm³/mol. The summed E-state index contributed by atoms with van der Waals surface area (Å²) < 4.78 is 5.04. The zero-order valence-corrected chi connectivity index (χ0v) is 19.9. The summed E-state index contributed by atoms with van der Waals surface area (Å²) in [5, 5.41) is 4.24. The number of hydrogen-bond acceptors (Lipinski definition) is 4. The largest absolute Gasteiger partial charge is 0.466 e. The van der Waals surface area contributed by atoms with Crippen molar-refractivity contribution in [2.45, 2.75) is 26.3 Å². The third-order valence-electron chi connectivity index (χ3n) is 5.04. The second-order valence-electron chi connectivity index (χ2n) is 7.41. The molecule has 5 nitrogen and oxygen atoms in total. The van der Waals surface area contributed by atoms with E-state index >= 15 is 0 Å². The monoisotopic (exact) mass is 484 g/mol. The van der Waals surface area contributed by atoms with Crippen LogP contribution in [-0.2, 0) is 27.3 Å². The average Bonchev–Trinajstić information content (AvgIpc) is 2.81. The van der Waals surface area contributed by atoms with E-state index in [0.717, 1.165) is 16.8 Å². The number of ether oxygens (including phenoxy) is 1. The number of hydrogen-bond donors (Lipinski definition) is 1. The van der Waals surface area contributed by atoms with E-state index < -0.39 is 0 Å². The molecule has 3 aromatic rings. The Bertz CT molecular complexity index is 1070. The minimum absolute atomic E-state index is 0.0948. The van der Waals surface area contributed by atoms with Crippen LogP contribution in [0.2, 0.25) is 10.0 Å². The molecule has 0 unspecified atom stereocenters. The van der Waals surface area contributed by atoms with Crippen molar-refractivity contribution in [2.75, 3.05) is 18.5 Å². The molecule has 0 heterocycles. The minimum Gasteiger partial charge on any atom is -0.466 e. The van der Waals surface area contributed by atoms with Gasteiger partial charge in [0.1, 0.15) is 0 Å². The molecule has 0 saturated carbocycles. The summed E-state index contributed by atoms with van der Waals surface area (Å²) in [6.45, 7) is 2.76. The number of rotatable bonds is 10. The first-order valence-electron chi connectivity index (χ1n) is 10.7. The molecule has 7 heteroatoms. The van der Waals surface area contributed by atoms with Crippen LogP contribution in [0.25, 0.3) is 0 Å². The number of nitrogens with one attached hydrogen (secondary N) is 1. The van der Waals surface area contributed by atoms with Crippen molar-refractivity contribution in [2.24, 2.45) is 0 Å². The molecule has 0 fully saturated rings. The van der Waals surface area contributed by atoms with Crippen molar-refractivity contribution < 1.29 is 14.3 Å². The van der Waals surface area contributed by atoms with Gasteiger partial charge in [-0.2, -0.15) is 0 Å². The zero-order valence-electron chi connectivity index (χ0n) is 18.4. The van der Waals surface area contributed by atoms with Gasteiger partial charge in [-0.25, -0.2) is 0 Å². The average molecular weight is 485 g/mol. The van der Waals surface area contributed by atoms with E-state index in [1.165, 1.54) is 0 Å². The maximum atomic E-state index is 13.3. The van der Waals surface area contributed by atoms with Gasteiger partial charge >= 0.3 is 5.97 Å². The fourth-order valence-corrected chi connectivity index (χ4v) is 3.87. The second kappa shape index (κ2) is 12.3. The van der Waals surface area contributed by atoms with Crippen molar-refractivity contribution in [3.05, 3.63) is 94.0 Å². The molecule has 3 aromatic carbocycles. The molecular weight excluding hydrogens is 459 g/mol. The van der Waals surface area contributed by atoms with Crippen LogP contribution in [0, 0.1) is 0 Å². The SMILES string of the molecule is CCOC(=O)CCN(Cc1ccccc1)C(=O)Cc1ccccc1Nc1c(Cl)cccc1Cl. The van der Waals surface area contributed by atoms with Crippen LogP contribution in [0.15, 0.2) is 72.8 Å². The number of nitrogens with zero attached hydrogens (tertiary/aromatic N) is 1. The summed E-state index contributed by atoms with van der Waals surface area (Å²) in [7, 11) is 0. The maximum Gasteiger partial charge on any atom is 0.307 e. The highest BCUT2D eigenvalue weighted by molar-refractivity contribution is 6.39. The zero-order chi connectivity index (χ0) is 23.6. The summed E-state index contributed by atoms with van der Waals surface area (Å²) in [5.41, 5.74) is 3.12. The highest BCUT2D eigenvalue weighted by atomic mass is 35.5. The van der Waals surface area contributed by atoms with Crippen LogP contribution in [0.3, 0.4) is 0 Å². The van der Waals surface area contributed by atoms with Crippen LogP contribution in [0.4, 0.5) is 11.4 Å². The van der Waals surface area contributed by atoms with Gasteiger partial charge in [0.05, 0.1) is 35.2 Å². The summed E-state index contributed by atoms with van der Waals surface area (Å²) >= 11 is 12.6. The summed E-state index contributed by atoms with van der Waals surface area (Å²) in [6.07, 6.45) is 0.294. The first kappa shape index (κ1) is 24.6. The third-order valence-corrected chi connectivity index (χ3v) is 5.67. The van der Waals surface area contributed by atoms with E-state index in [4.69, 9.17) is 27.9 Å². The molecule has 0 aliphatic rings. The van der Waals surface area contributed by atoms with Gasteiger partial charge in [-0.05, 0) is 36.2 Å². The predicted octanol–water partition coefficient (Wildman–Crippen LogP) is 6.26. The van der Waals surface area contributed by atoms with Crippen molar-refractivity contribution in [1.82, 2.24) is 4.90 Å². The first-order chi connectivity index (χ1) is 16.0. The van der Waals surface area contributed by atoms with Gasteiger partial charge in [-0.1, -0.05) is 77.8 Å². The molecule has 0 spiro atoms. The molecule has 1 N–H and O–H groups in total. The van der Waals surface area contributed by atoms with Gasteiger partial charge in [0.15, 0.2) is 0 Å². The van der Waals surface area contributed by atoms with E-state index in [9.17, 15) is 9.59 Å². The van der Waals surface area contributed by atoms with Crippen molar-refractivity contribution in [1.29, 1.82) is 0 Å². The normalized spacial score (nSPS) is 10.5. The van der Waals surface area contributed by atoms with Gasteiger partial charge in [-0.3, -0.25) is 9.59 Å². The highest BCUT2D eigenvalue weighted by Gasteiger charge is 2.18. The first-order valence-corrected chi connectivity index (χ1v) is 11.5. The number of para-hydroxylation sites is 2. The van der Waals surface area contributed by atoms with E-state index in [1.807, 2.05) is 54.6 Å². The molecule has 3 rings (SSSR count). The van der Waals surface area contributed by atoms with Gasteiger partial charge in [0, 0.05) is 18.8 Å². The lowest BCUT2D eigenvalue weighted by molar-refractivity contribution is -0.144. The van der Waals surface area contributed by atoms with Crippen molar-refractivity contribution >= 4 is 46.5 Å². The van der Waals surface area contributed by atoms with Crippen LogP contribution >= 0.6 is 23.2 Å². The maximum absolute atomic E-state index is 13.3. The van der Waals surface area contributed by atoms with Crippen LogP contribution in [0.1, 0.15) is 24.5 Å². The lowest BCUT2D eigenvalue weighted by Crippen LogP contribution is -2.34. The Kier molecular flexibility index (Phi) is 9.16. The van der Waals surface area contributed by atoms with Crippen molar-refractivity contribution in [3.8, 4) is 0 Å². The Morgan fingerprint density at radius 2 is 1.58 bits per heavy atom. The van der Waals surface area contributed by atoms with E-state index in [1.54, 1.807) is 30.0 Å². The molecule has 1 amide bonds. The fourth-order valence-electron chi connectivity index (χ4n) is 3.38. The number of amides is 1. The Labute approximate surface area is 204 Å². The molecule has 0 aliphatic carbocycles. The summed E-state index contributed by atoms with van der Waals surface area (Å²) in [4.78, 5) is 26.9. The Morgan fingerprint density at radius 3 is 2.27 bits per heavy atom. The molecule has 172 valence electrons. The van der Waals surface area contributed by atoms with Crippen LogP contribution < -0.4 is 5.32 Å². The number of benzene rings is 3. The van der Waals surface area contributed by atoms with E-state index in [-0.39, 0.29) is 31.3 Å². The van der Waals surface area contributed by atoms with Crippen LogP contribution in [0.5, 0.6) is 0 Å². The summed E-state index contributed by atoms with van der Waals surface area (Å²) in [5.74, 6) is -0.415. The Balaban J connectivity index is 1.79. The fraction of sp³-hybridized carbons (Fsp3) is 0.231. The smallest absolute Gasteiger partial charge is 0.307 e. The topological polar surface area (TPSA) is 58.6 Å². The minimum atomic E-state index is -0.321. The lowest BCUT2D eigenvalue weighted by atomic mass is 10.1. The third kappa shape index (κ3) is 7.24. The highest BCUT2D eigenvalue weighted by Crippen LogP contribution is 2.33. The number of carbonyl (C=O) groups is 2. The van der Waals surface area contributed by atoms with Gasteiger partial charge in [0.2, 0.25) is 5.91 Å². The van der Waals surface area contributed by atoms with Crippen molar-refractivity contribution in [3.63, 3.8) is 0 Å². The molecule has 33 heavy (non-hydrogen) atoms. The molecule has 0 aliphatic heterocycles. The Hall–Kier alpha value is -3.02. The molecule has 0 radical (unpaired) electrons. The van der Waals surface area contributed by atoms with Gasteiger partial charge < -0.3 is 15.0 Å². The summed E-state index contributed by atoms with van der Waals surface area (Å²) in [6, 6.07) is 22.5. The number of anilines is 2. The number of esters is 1. The molecule has 0 saturated heterocycles. The molecule has 0 atom stereocenters. The van der Waals surface area contributed by atoms with Gasteiger partial charge in [0.25, 0.3) is 0 Å². The van der Waals surface area contributed by atoms with Gasteiger partial charge in [-0.15, -0.1) is 0 Å². The Morgan fingerprint density at radius 1 is 0.909 bits per heavy atom. The number of carbonyl (C=O) groups excluding carboxylic acids is 2. The van der Waals surface area contributed by atoms with Crippen LogP contribution in [-0.4, -0.2) is 29.9 Å². The molecule has 0 bridgehead atoms. The molecular formula is C26H26Cl2N2O3. The standard InChI is InChI=1S/C26H26Cl2N2O3/c1-2-33-25(32)15-16-30(18-19-9-4-3-5-10-19)24(31)17-20-11-6-7-14-23(20)29-26-21(27)12-8-13-22(26)28/h3-14,29H,2,15-18H2,1H3. The lowest BCUT2D eigenvalue weighted by Gasteiger charge is -2.23. The van der Waals surface area contributed by atoms with E-state index in [0.29, 0.717) is 28.9 Å². The van der Waals surface area contributed by atoms with E-state index in [2.05, 4.69) is 5.32 Å². The quantitative estimate of drug-likeness (QED) is 0.345. The second-order valence-corrected chi connectivity index (χ2v) is 8.23. The number of halogens is 2. The molecule has 0 aromatic heterocycles.